The molecule has 0 aromatic carbocycles. The highest BCUT2D eigenvalue weighted by Gasteiger charge is 2.60. The van der Waals surface area contributed by atoms with Crippen LogP contribution in [0.5, 0.6) is 0 Å². The van der Waals surface area contributed by atoms with Gasteiger partial charge in [-0.2, -0.15) is 0 Å². The number of cyclic esters (lactones) is 1. The topological polar surface area (TPSA) is 65.1 Å². The third kappa shape index (κ3) is 4.43. The second-order valence-corrected chi connectivity index (χ2v) is 16.8. The molecule has 1 unspecified atom stereocenters. The zero-order chi connectivity index (χ0) is 24.1. The van der Waals surface area contributed by atoms with Gasteiger partial charge in [0.25, 0.3) is 0 Å². The molecular formula is C25H41NO5Si. The van der Waals surface area contributed by atoms with Crippen molar-refractivity contribution in [3.8, 4) is 0 Å². The summed E-state index contributed by atoms with van der Waals surface area (Å²) in [5.41, 5.74) is 0.0725. The average Bonchev–Trinajstić information content (AvgIpc) is 3.19. The molecule has 6 nitrogen and oxygen atoms in total. The van der Waals surface area contributed by atoms with Gasteiger partial charge >= 0.3 is 12.1 Å². The highest BCUT2D eigenvalue weighted by atomic mass is 28.4. The fourth-order valence-corrected chi connectivity index (χ4v) is 6.58. The van der Waals surface area contributed by atoms with Gasteiger partial charge in [-0.15, -0.1) is 0 Å². The van der Waals surface area contributed by atoms with Crippen LogP contribution in [0.2, 0.25) is 18.1 Å². The minimum absolute atomic E-state index is 0.120. The van der Waals surface area contributed by atoms with E-state index in [1.165, 1.54) is 0 Å². The minimum atomic E-state index is -1.92. The molecular weight excluding hydrogens is 422 g/mol. The predicted molar refractivity (Wildman–Crippen MR) is 128 cm³/mol. The normalized spacial score (nSPS) is 29.1. The lowest BCUT2D eigenvalue weighted by molar-refractivity contribution is -0.137. The summed E-state index contributed by atoms with van der Waals surface area (Å²) in [6, 6.07) is 0. The summed E-state index contributed by atoms with van der Waals surface area (Å²) in [4.78, 5) is 28.0. The molecule has 2 fully saturated rings. The highest BCUT2D eigenvalue weighted by molar-refractivity contribution is 6.74. The van der Waals surface area contributed by atoms with E-state index in [9.17, 15) is 9.59 Å². The van der Waals surface area contributed by atoms with Crippen LogP contribution < -0.4 is 0 Å². The quantitative estimate of drug-likeness (QED) is 0.401. The van der Waals surface area contributed by atoms with Gasteiger partial charge in [-0.25, -0.2) is 9.59 Å². The Kier molecular flexibility index (Phi) is 6.50. The number of likely N-dealkylation sites (tertiary alicyclic amines) is 1. The maximum absolute atomic E-state index is 13.3. The average molecular weight is 464 g/mol. The molecule has 0 radical (unpaired) electrons. The smallest absolute Gasteiger partial charge is 0.411 e. The van der Waals surface area contributed by atoms with E-state index in [-0.39, 0.29) is 35.7 Å². The van der Waals surface area contributed by atoms with Crippen LogP contribution in [-0.4, -0.2) is 55.7 Å². The first kappa shape index (κ1) is 25.0. The molecule has 3 atom stereocenters. The van der Waals surface area contributed by atoms with Crippen LogP contribution in [0.4, 0.5) is 4.79 Å². The van der Waals surface area contributed by atoms with Gasteiger partial charge in [-0.05, 0) is 70.5 Å². The Morgan fingerprint density at radius 3 is 2.44 bits per heavy atom. The number of hydrogen-bond acceptors (Lipinski definition) is 5. The van der Waals surface area contributed by atoms with Crippen LogP contribution in [-0.2, 0) is 18.7 Å². The van der Waals surface area contributed by atoms with Crippen molar-refractivity contribution in [2.24, 2.45) is 5.92 Å². The summed E-state index contributed by atoms with van der Waals surface area (Å²) < 4.78 is 18.0. The molecule has 3 rings (SSSR count). The largest absolute Gasteiger partial charge is 0.457 e. The number of carbonyl (C=O) groups excluding carboxylic acids is 2. The van der Waals surface area contributed by atoms with Crippen molar-refractivity contribution in [1.82, 2.24) is 4.90 Å². The number of amides is 1. The molecule has 2 aliphatic heterocycles. The van der Waals surface area contributed by atoms with Crippen molar-refractivity contribution < 1.29 is 23.5 Å². The van der Waals surface area contributed by atoms with Gasteiger partial charge < -0.3 is 13.9 Å². The van der Waals surface area contributed by atoms with E-state index in [0.29, 0.717) is 18.5 Å². The van der Waals surface area contributed by atoms with Crippen molar-refractivity contribution in [3.63, 3.8) is 0 Å². The summed E-state index contributed by atoms with van der Waals surface area (Å²) in [7, 11) is -1.92. The molecule has 1 saturated carbocycles. The summed E-state index contributed by atoms with van der Waals surface area (Å²) in [5.74, 6) is -0.210. The third-order valence-electron chi connectivity index (χ3n) is 7.70. The van der Waals surface area contributed by atoms with Crippen molar-refractivity contribution in [1.29, 1.82) is 0 Å². The summed E-state index contributed by atoms with van der Waals surface area (Å²) >= 11 is 0. The zero-order valence-corrected chi connectivity index (χ0v) is 22.2. The van der Waals surface area contributed by atoms with E-state index in [1.54, 1.807) is 11.0 Å². The summed E-state index contributed by atoms with van der Waals surface area (Å²) in [6.45, 7) is 21.6. The third-order valence-corrected chi connectivity index (χ3v) is 12.2. The van der Waals surface area contributed by atoms with Gasteiger partial charge in [-0.1, -0.05) is 33.4 Å². The lowest BCUT2D eigenvalue weighted by Gasteiger charge is -2.49. The highest BCUT2D eigenvalue weighted by Crippen LogP contribution is 2.53. The number of nitrogens with zero attached hydrogens (tertiary/aromatic N) is 1. The van der Waals surface area contributed by atoms with Crippen LogP contribution >= 0.6 is 0 Å². The van der Waals surface area contributed by atoms with Crippen LogP contribution in [0.3, 0.4) is 0 Å². The SMILES string of the molecule is C=CC1=C([C@]23CCC(O[Si](C)(C)C(C)(C)C)C[C@H]2CCN3C(=O)OC(C)(C)C)C(=O)OC1. The Morgan fingerprint density at radius 2 is 1.88 bits per heavy atom. The number of ether oxygens (including phenoxy) is 2. The molecule has 0 spiro atoms. The molecule has 32 heavy (non-hydrogen) atoms. The Balaban J connectivity index is 1.97. The van der Waals surface area contributed by atoms with Crippen LogP contribution in [0, 0.1) is 5.92 Å². The standard InChI is InChI=1S/C25H41NO5Si/c1-10-17-16-29-21(27)20(17)25-13-11-19(31-32(8,9)24(5,6)7)15-18(25)12-14-26(25)22(28)30-23(2,3)4/h10,18-19H,1,11-16H2,2-9H3/t18-,19?,25+/m1/s1. The molecule has 180 valence electrons. The number of carbonyl (C=O) groups is 2. The van der Waals surface area contributed by atoms with Crippen molar-refractivity contribution in [3.05, 3.63) is 23.8 Å². The van der Waals surface area contributed by atoms with Crippen molar-refractivity contribution in [2.75, 3.05) is 13.2 Å². The van der Waals surface area contributed by atoms with Gasteiger partial charge in [0.2, 0.25) is 0 Å². The van der Waals surface area contributed by atoms with Gasteiger partial charge in [0.05, 0.1) is 11.1 Å². The van der Waals surface area contributed by atoms with Crippen LogP contribution in [0.15, 0.2) is 23.8 Å². The second-order valence-electron chi connectivity index (χ2n) is 12.0. The Labute approximate surface area is 194 Å². The van der Waals surface area contributed by atoms with Crippen molar-refractivity contribution >= 4 is 20.4 Å². The number of esters is 1. The van der Waals surface area contributed by atoms with Crippen molar-refractivity contribution in [2.45, 2.75) is 103 Å². The van der Waals surface area contributed by atoms with E-state index in [2.05, 4.69) is 40.4 Å². The van der Waals surface area contributed by atoms with E-state index in [1.807, 2.05) is 20.8 Å². The molecule has 0 N–H and O–H groups in total. The Hall–Kier alpha value is -1.60. The molecule has 1 amide bonds. The van der Waals surface area contributed by atoms with E-state index in [0.717, 1.165) is 24.8 Å². The second kappa shape index (κ2) is 8.31. The van der Waals surface area contributed by atoms with Crippen LogP contribution in [0.1, 0.15) is 67.2 Å². The fourth-order valence-electron chi connectivity index (χ4n) is 5.18. The lowest BCUT2D eigenvalue weighted by Crippen LogP contribution is -2.58. The summed E-state index contributed by atoms with van der Waals surface area (Å²) in [6.07, 6.45) is 4.58. The molecule has 1 saturated heterocycles. The van der Waals surface area contributed by atoms with E-state index in [4.69, 9.17) is 13.9 Å². The minimum Gasteiger partial charge on any atom is -0.457 e. The van der Waals surface area contributed by atoms with Gasteiger partial charge in [0, 0.05) is 18.2 Å². The number of fused-ring (bicyclic) bond motifs is 1. The maximum atomic E-state index is 13.3. The predicted octanol–water partition coefficient (Wildman–Crippen LogP) is 5.60. The monoisotopic (exact) mass is 463 g/mol. The first-order valence-electron chi connectivity index (χ1n) is 11.8. The Bertz CT molecular complexity index is 819. The van der Waals surface area contributed by atoms with Gasteiger partial charge in [0.1, 0.15) is 12.2 Å². The lowest BCUT2D eigenvalue weighted by atomic mass is 9.67. The zero-order valence-electron chi connectivity index (χ0n) is 21.2. The first-order chi connectivity index (χ1) is 14.6. The van der Waals surface area contributed by atoms with Gasteiger partial charge in [0.15, 0.2) is 8.32 Å². The fraction of sp³-hybridized carbons (Fsp3) is 0.760. The van der Waals surface area contributed by atoms with E-state index < -0.39 is 19.5 Å². The molecule has 2 heterocycles. The number of hydrogen-bond donors (Lipinski definition) is 0. The van der Waals surface area contributed by atoms with Gasteiger partial charge in [-0.3, -0.25) is 4.90 Å². The molecule has 0 bridgehead atoms. The Morgan fingerprint density at radius 1 is 1.22 bits per heavy atom. The first-order valence-corrected chi connectivity index (χ1v) is 14.7. The summed E-state index contributed by atoms with van der Waals surface area (Å²) in [5, 5.41) is 0.132. The molecule has 1 aliphatic carbocycles. The molecule has 0 aromatic rings. The molecule has 3 aliphatic rings. The number of rotatable bonds is 4. The molecule has 7 heteroatoms. The maximum Gasteiger partial charge on any atom is 0.411 e. The molecule has 0 aromatic heterocycles. The van der Waals surface area contributed by atoms with E-state index >= 15 is 0 Å². The van der Waals surface area contributed by atoms with Crippen LogP contribution in [0.25, 0.3) is 0 Å².